The summed E-state index contributed by atoms with van der Waals surface area (Å²) >= 11 is 13.4. The molecule has 0 spiro atoms. The van der Waals surface area contributed by atoms with Gasteiger partial charge in [0, 0.05) is 29.1 Å². The first kappa shape index (κ1) is 22.9. The van der Waals surface area contributed by atoms with E-state index in [1.165, 1.54) is 22.3 Å². The molecular formula is C24H18Cl2N4O2S. The van der Waals surface area contributed by atoms with E-state index < -0.39 is 0 Å². The lowest BCUT2D eigenvalue weighted by atomic mass is 10.1. The Labute approximate surface area is 204 Å². The van der Waals surface area contributed by atoms with Crippen LogP contribution in [0.5, 0.6) is 0 Å². The zero-order valence-electron chi connectivity index (χ0n) is 17.3. The molecule has 0 saturated carbocycles. The molecule has 4 rings (SSSR count). The molecule has 0 atom stereocenters. The minimum atomic E-state index is -0.364. The van der Waals surface area contributed by atoms with Crippen LogP contribution in [0.15, 0.2) is 83.5 Å². The maximum atomic E-state index is 13.2. The average Bonchev–Trinajstić information content (AvgIpc) is 3.31. The van der Waals surface area contributed by atoms with Gasteiger partial charge in [0.05, 0.1) is 21.4 Å². The van der Waals surface area contributed by atoms with E-state index in [1.807, 2.05) is 41.8 Å². The molecule has 1 amide bonds. The van der Waals surface area contributed by atoms with Gasteiger partial charge < -0.3 is 0 Å². The van der Waals surface area contributed by atoms with Crippen LogP contribution in [0.1, 0.15) is 0 Å². The number of hydrogen-bond donors (Lipinski definition) is 0. The van der Waals surface area contributed by atoms with Gasteiger partial charge in [0.2, 0.25) is 0 Å². The van der Waals surface area contributed by atoms with Gasteiger partial charge in [-0.3, -0.25) is 14.5 Å². The summed E-state index contributed by atoms with van der Waals surface area (Å²) in [6.07, 6.45) is 1.61. The number of hydrogen-bond acceptors (Lipinski definition) is 5. The van der Waals surface area contributed by atoms with Crippen molar-refractivity contribution in [2.45, 2.75) is 6.54 Å². The smallest absolute Gasteiger partial charge is 0.267 e. The molecular weight excluding hydrogens is 479 g/mol. The van der Waals surface area contributed by atoms with Crippen molar-refractivity contribution >= 4 is 45.6 Å². The second-order valence-corrected chi connectivity index (χ2v) is 8.67. The number of carbonyl (C=O) groups is 1. The van der Waals surface area contributed by atoms with E-state index in [9.17, 15) is 9.59 Å². The highest BCUT2D eigenvalue weighted by Crippen LogP contribution is 2.31. The van der Waals surface area contributed by atoms with E-state index in [0.29, 0.717) is 26.6 Å². The highest BCUT2D eigenvalue weighted by molar-refractivity contribution is 7.14. The van der Waals surface area contributed by atoms with Crippen LogP contribution in [0, 0.1) is 0 Å². The van der Waals surface area contributed by atoms with Crippen LogP contribution in [0.3, 0.4) is 0 Å². The van der Waals surface area contributed by atoms with Crippen LogP contribution in [0.4, 0.5) is 5.13 Å². The lowest BCUT2D eigenvalue weighted by Gasteiger charge is -2.18. The third kappa shape index (κ3) is 5.22. The minimum Gasteiger partial charge on any atom is -0.283 e. The number of halogens is 2. The van der Waals surface area contributed by atoms with Gasteiger partial charge in [-0.15, -0.1) is 17.9 Å². The molecule has 33 heavy (non-hydrogen) atoms. The van der Waals surface area contributed by atoms with E-state index in [-0.39, 0.29) is 24.6 Å². The molecule has 0 aliphatic rings. The zero-order valence-corrected chi connectivity index (χ0v) is 19.6. The molecule has 166 valence electrons. The SMILES string of the molecule is C=CCN(C(=O)Cn1nc(-c2ccccc2)ccc1=O)c1nc(-c2ccc(Cl)c(Cl)c2)cs1. The Balaban J connectivity index is 1.60. The molecule has 0 N–H and O–H groups in total. The molecule has 2 aromatic carbocycles. The van der Waals surface area contributed by atoms with E-state index >= 15 is 0 Å². The first-order chi connectivity index (χ1) is 16.0. The molecule has 0 radical (unpaired) electrons. The topological polar surface area (TPSA) is 68.1 Å². The van der Waals surface area contributed by atoms with Crippen LogP contribution < -0.4 is 10.5 Å². The molecule has 0 aliphatic carbocycles. The Kier molecular flexibility index (Phi) is 7.03. The molecule has 0 bridgehead atoms. The van der Waals surface area contributed by atoms with Gasteiger partial charge in [-0.1, -0.05) is 65.7 Å². The fourth-order valence-corrected chi connectivity index (χ4v) is 4.29. The summed E-state index contributed by atoms with van der Waals surface area (Å²) in [5.74, 6) is -0.329. The van der Waals surface area contributed by atoms with Gasteiger partial charge in [-0.2, -0.15) is 5.10 Å². The number of nitrogens with zero attached hydrogens (tertiary/aromatic N) is 4. The molecule has 4 aromatic rings. The van der Waals surface area contributed by atoms with E-state index in [0.717, 1.165) is 15.8 Å². The van der Waals surface area contributed by atoms with E-state index in [1.54, 1.807) is 24.3 Å². The Morgan fingerprint density at radius 3 is 2.55 bits per heavy atom. The van der Waals surface area contributed by atoms with Gasteiger partial charge in [0.15, 0.2) is 5.13 Å². The van der Waals surface area contributed by atoms with Crippen molar-refractivity contribution < 1.29 is 4.79 Å². The van der Waals surface area contributed by atoms with Gasteiger partial charge in [-0.05, 0) is 18.2 Å². The standard InChI is InChI=1S/C24H18Cl2N4O2S/c1-2-12-29(24-27-21(15-33-24)17-8-9-18(25)19(26)13-17)23(32)14-30-22(31)11-10-20(28-30)16-6-4-3-5-7-16/h2-11,13,15H,1,12,14H2. The first-order valence-corrected chi connectivity index (χ1v) is 11.6. The summed E-state index contributed by atoms with van der Waals surface area (Å²) < 4.78 is 1.16. The maximum absolute atomic E-state index is 13.2. The predicted octanol–water partition coefficient (Wildman–Crippen LogP) is 5.56. The highest BCUT2D eigenvalue weighted by Gasteiger charge is 2.20. The van der Waals surface area contributed by atoms with Crippen LogP contribution in [-0.4, -0.2) is 27.2 Å². The third-order valence-corrected chi connectivity index (χ3v) is 6.37. The summed E-state index contributed by atoms with van der Waals surface area (Å²) in [4.78, 5) is 31.6. The third-order valence-electron chi connectivity index (χ3n) is 4.77. The average molecular weight is 497 g/mol. The Morgan fingerprint density at radius 2 is 1.82 bits per heavy atom. The molecule has 9 heteroatoms. The molecule has 0 saturated heterocycles. The summed E-state index contributed by atoms with van der Waals surface area (Å²) in [5.41, 5.74) is 2.54. The normalized spacial score (nSPS) is 10.7. The lowest BCUT2D eigenvalue weighted by molar-refractivity contribution is -0.119. The maximum Gasteiger partial charge on any atom is 0.267 e. The van der Waals surface area contributed by atoms with Crippen molar-refractivity contribution in [1.29, 1.82) is 0 Å². The molecule has 0 fully saturated rings. The van der Waals surface area contributed by atoms with Crippen molar-refractivity contribution in [2.24, 2.45) is 0 Å². The van der Waals surface area contributed by atoms with Gasteiger partial charge >= 0.3 is 0 Å². The number of aromatic nitrogens is 3. The van der Waals surface area contributed by atoms with Gasteiger partial charge in [0.25, 0.3) is 11.5 Å². The van der Waals surface area contributed by atoms with Gasteiger partial charge in [0.1, 0.15) is 6.54 Å². The van der Waals surface area contributed by atoms with Crippen molar-refractivity contribution in [3.05, 3.63) is 99.1 Å². The van der Waals surface area contributed by atoms with Crippen LogP contribution >= 0.6 is 34.5 Å². The van der Waals surface area contributed by atoms with Crippen molar-refractivity contribution in [3.63, 3.8) is 0 Å². The zero-order chi connectivity index (χ0) is 23.4. The summed E-state index contributed by atoms with van der Waals surface area (Å²) in [6.45, 7) is 3.75. The number of anilines is 1. The number of thiazole rings is 1. The van der Waals surface area contributed by atoms with Crippen molar-refractivity contribution in [2.75, 3.05) is 11.4 Å². The largest absolute Gasteiger partial charge is 0.283 e. The van der Waals surface area contributed by atoms with Crippen LogP contribution in [0.25, 0.3) is 22.5 Å². The van der Waals surface area contributed by atoms with Gasteiger partial charge in [-0.25, -0.2) is 9.67 Å². The molecule has 6 nitrogen and oxygen atoms in total. The Hall–Kier alpha value is -3.26. The van der Waals surface area contributed by atoms with Crippen LogP contribution in [-0.2, 0) is 11.3 Å². The van der Waals surface area contributed by atoms with Crippen LogP contribution in [0.2, 0.25) is 10.0 Å². The molecule has 2 heterocycles. The van der Waals surface area contributed by atoms with E-state index in [2.05, 4.69) is 16.7 Å². The molecule has 0 aliphatic heterocycles. The lowest BCUT2D eigenvalue weighted by Crippen LogP contribution is -2.37. The van der Waals surface area contributed by atoms with E-state index in [4.69, 9.17) is 23.2 Å². The fraction of sp³-hybridized carbons (Fsp3) is 0.0833. The monoisotopic (exact) mass is 496 g/mol. The van der Waals surface area contributed by atoms with Crippen molar-refractivity contribution in [3.8, 4) is 22.5 Å². The summed E-state index contributed by atoms with van der Waals surface area (Å²) in [6, 6.07) is 17.7. The molecule has 2 aromatic heterocycles. The fourth-order valence-electron chi connectivity index (χ4n) is 3.13. The molecule has 0 unspecified atom stereocenters. The summed E-state index contributed by atoms with van der Waals surface area (Å²) in [7, 11) is 0. The second kappa shape index (κ2) is 10.1. The number of carbonyl (C=O) groups excluding carboxylic acids is 1. The summed E-state index contributed by atoms with van der Waals surface area (Å²) in [5, 5.41) is 7.56. The second-order valence-electron chi connectivity index (χ2n) is 7.02. The van der Waals surface area contributed by atoms with Crippen molar-refractivity contribution in [1.82, 2.24) is 14.8 Å². The number of amides is 1. The predicted molar refractivity (Wildman–Crippen MR) is 134 cm³/mol. The quantitative estimate of drug-likeness (QED) is 0.314. The Morgan fingerprint density at radius 1 is 1.03 bits per heavy atom. The Bertz CT molecular complexity index is 1370. The minimum absolute atomic E-state index is 0.227. The highest BCUT2D eigenvalue weighted by atomic mass is 35.5. The number of rotatable bonds is 7. The number of benzene rings is 2. The first-order valence-electron chi connectivity index (χ1n) is 9.92.